The zero-order chi connectivity index (χ0) is 12.7. The first-order valence-electron chi connectivity index (χ1n) is 4.91. The van der Waals surface area contributed by atoms with Crippen molar-refractivity contribution in [2.45, 2.75) is 12.1 Å². The van der Waals surface area contributed by atoms with E-state index in [1.807, 2.05) is 0 Å². The Kier molecular flexibility index (Phi) is 5.57. The SMILES string of the molecule is COc1cc(CNCCSC(F)(F)F)ccn1. The molecule has 0 aliphatic heterocycles. The molecule has 0 unspecified atom stereocenters. The Morgan fingerprint density at radius 2 is 2.24 bits per heavy atom. The van der Waals surface area contributed by atoms with Crippen molar-refractivity contribution in [2.24, 2.45) is 0 Å². The molecule has 1 rings (SSSR count). The van der Waals surface area contributed by atoms with E-state index in [9.17, 15) is 13.2 Å². The third kappa shape index (κ3) is 6.38. The number of nitrogens with zero attached hydrogens (tertiary/aromatic N) is 1. The molecule has 0 aromatic carbocycles. The quantitative estimate of drug-likeness (QED) is 0.802. The van der Waals surface area contributed by atoms with Gasteiger partial charge in [-0.2, -0.15) is 13.2 Å². The molecule has 96 valence electrons. The van der Waals surface area contributed by atoms with Crippen LogP contribution in [0.5, 0.6) is 5.88 Å². The number of hydrogen-bond donors (Lipinski definition) is 1. The largest absolute Gasteiger partial charge is 0.481 e. The van der Waals surface area contributed by atoms with E-state index in [0.29, 0.717) is 19.0 Å². The summed E-state index contributed by atoms with van der Waals surface area (Å²) in [7, 11) is 1.51. The molecule has 0 aliphatic carbocycles. The van der Waals surface area contributed by atoms with Crippen molar-refractivity contribution in [1.29, 1.82) is 0 Å². The number of thioether (sulfide) groups is 1. The fraction of sp³-hybridized carbons (Fsp3) is 0.500. The van der Waals surface area contributed by atoms with Crippen LogP contribution in [0.1, 0.15) is 5.56 Å². The molecule has 0 saturated carbocycles. The Morgan fingerprint density at radius 1 is 1.47 bits per heavy atom. The molecule has 0 spiro atoms. The van der Waals surface area contributed by atoms with Crippen LogP contribution in [0.3, 0.4) is 0 Å². The number of methoxy groups -OCH3 is 1. The molecule has 0 radical (unpaired) electrons. The van der Waals surface area contributed by atoms with Gasteiger partial charge in [-0.15, -0.1) is 0 Å². The van der Waals surface area contributed by atoms with Crippen LogP contribution in [-0.2, 0) is 6.54 Å². The van der Waals surface area contributed by atoms with Crippen LogP contribution in [0, 0.1) is 0 Å². The highest BCUT2D eigenvalue weighted by Gasteiger charge is 2.27. The monoisotopic (exact) mass is 266 g/mol. The lowest BCUT2D eigenvalue weighted by Crippen LogP contribution is -2.18. The van der Waals surface area contributed by atoms with Crippen LogP contribution in [0.2, 0.25) is 0 Å². The molecule has 1 aromatic rings. The minimum absolute atomic E-state index is 0.00567. The Labute approximate surface area is 102 Å². The summed E-state index contributed by atoms with van der Waals surface area (Å²) in [5.41, 5.74) is -3.23. The molecule has 0 saturated heterocycles. The van der Waals surface area contributed by atoms with Gasteiger partial charge in [0.2, 0.25) is 5.88 Å². The zero-order valence-corrected chi connectivity index (χ0v) is 10.1. The van der Waals surface area contributed by atoms with Crippen molar-refractivity contribution in [2.75, 3.05) is 19.4 Å². The minimum Gasteiger partial charge on any atom is -0.481 e. The standard InChI is InChI=1S/C10H13F3N2OS/c1-16-9-6-8(2-3-15-9)7-14-4-5-17-10(11,12)13/h2-3,6,14H,4-5,7H2,1H3. The smallest absolute Gasteiger partial charge is 0.441 e. The summed E-state index contributed by atoms with van der Waals surface area (Å²) in [4.78, 5) is 3.93. The van der Waals surface area contributed by atoms with E-state index in [4.69, 9.17) is 4.74 Å². The number of ether oxygens (including phenoxy) is 1. The van der Waals surface area contributed by atoms with Gasteiger partial charge in [0.05, 0.1) is 7.11 Å². The van der Waals surface area contributed by atoms with Crippen molar-refractivity contribution in [1.82, 2.24) is 10.3 Å². The molecule has 0 amide bonds. The molecule has 0 bridgehead atoms. The van der Waals surface area contributed by atoms with Gasteiger partial charge in [0.25, 0.3) is 0 Å². The van der Waals surface area contributed by atoms with Crippen molar-refractivity contribution >= 4 is 11.8 Å². The van der Waals surface area contributed by atoms with Gasteiger partial charge in [0, 0.05) is 31.1 Å². The average molecular weight is 266 g/mol. The zero-order valence-electron chi connectivity index (χ0n) is 9.25. The summed E-state index contributed by atoms with van der Waals surface area (Å²) in [5, 5.41) is 2.92. The Balaban J connectivity index is 2.22. The average Bonchev–Trinajstić information content (AvgIpc) is 2.27. The first-order chi connectivity index (χ1) is 8.01. The molecular formula is C10H13F3N2OS. The normalized spacial score (nSPS) is 11.5. The third-order valence-electron chi connectivity index (χ3n) is 1.88. The van der Waals surface area contributed by atoms with Gasteiger partial charge in [0.15, 0.2) is 0 Å². The van der Waals surface area contributed by atoms with Crippen LogP contribution in [0.25, 0.3) is 0 Å². The maximum atomic E-state index is 11.8. The second kappa shape index (κ2) is 6.70. The van der Waals surface area contributed by atoms with E-state index < -0.39 is 5.51 Å². The molecule has 1 aromatic heterocycles. The first-order valence-corrected chi connectivity index (χ1v) is 5.90. The minimum atomic E-state index is -4.15. The Bertz CT molecular complexity index is 347. The van der Waals surface area contributed by atoms with Crippen LogP contribution >= 0.6 is 11.8 Å². The molecule has 7 heteroatoms. The highest BCUT2D eigenvalue weighted by atomic mass is 32.2. The van der Waals surface area contributed by atoms with Gasteiger partial charge in [-0.1, -0.05) is 0 Å². The van der Waals surface area contributed by atoms with Gasteiger partial charge in [-0.3, -0.25) is 0 Å². The maximum Gasteiger partial charge on any atom is 0.441 e. The number of hydrogen-bond acceptors (Lipinski definition) is 4. The number of rotatable bonds is 6. The first kappa shape index (κ1) is 14.1. The number of pyridine rings is 1. The lowest BCUT2D eigenvalue weighted by atomic mass is 10.2. The molecule has 1 N–H and O–H groups in total. The van der Waals surface area contributed by atoms with E-state index >= 15 is 0 Å². The maximum absolute atomic E-state index is 11.8. The Morgan fingerprint density at radius 3 is 2.88 bits per heavy atom. The number of alkyl halides is 3. The van der Waals surface area contributed by atoms with Crippen LogP contribution < -0.4 is 10.1 Å². The molecule has 0 aliphatic rings. The summed E-state index contributed by atoms with van der Waals surface area (Å²) in [6.07, 6.45) is 1.60. The van der Waals surface area contributed by atoms with Crippen LogP contribution in [0.4, 0.5) is 13.2 Å². The van der Waals surface area contributed by atoms with E-state index in [0.717, 1.165) is 5.56 Å². The molecule has 3 nitrogen and oxygen atoms in total. The summed E-state index contributed by atoms with van der Waals surface area (Å²) >= 11 is -0.0232. The molecule has 0 atom stereocenters. The highest BCUT2D eigenvalue weighted by molar-refractivity contribution is 8.00. The predicted molar refractivity (Wildman–Crippen MR) is 61.0 cm³/mol. The van der Waals surface area contributed by atoms with Crippen molar-refractivity contribution in [3.05, 3.63) is 23.9 Å². The van der Waals surface area contributed by atoms with Crippen molar-refractivity contribution in [3.63, 3.8) is 0 Å². The van der Waals surface area contributed by atoms with E-state index in [1.54, 1.807) is 18.3 Å². The van der Waals surface area contributed by atoms with Gasteiger partial charge < -0.3 is 10.1 Å². The lowest BCUT2D eigenvalue weighted by Gasteiger charge is -2.07. The van der Waals surface area contributed by atoms with Gasteiger partial charge in [0.1, 0.15) is 0 Å². The molecular weight excluding hydrogens is 253 g/mol. The lowest BCUT2D eigenvalue weighted by molar-refractivity contribution is -0.0327. The summed E-state index contributed by atoms with van der Waals surface area (Å²) in [6, 6.07) is 3.52. The van der Waals surface area contributed by atoms with E-state index in [-0.39, 0.29) is 17.5 Å². The van der Waals surface area contributed by atoms with E-state index in [2.05, 4.69) is 10.3 Å². The van der Waals surface area contributed by atoms with Crippen LogP contribution in [-0.4, -0.2) is 29.9 Å². The molecule has 17 heavy (non-hydrogen) atoms. The molecule has 1 heterocycles. The molecule has 0 fully saturated rings. The summed E-state index contributed by atoms with van der Waals surface area (Å²) in [6.45, 7) is 0.798. The predicted octanol–water partition coefficient (Wildman–Crippen LogP) is 2.43. The Hall–Kier alpha value is -0.950. The van der Waals surface area contributed by atoms with Gasteiger partial charge >= 0.3 is 5.51 Å². The second-order valence-corrected chi connectivity index (χ2v) is 4.34. The number of halogens is 3. The highest BCUT2D eigenvalue weighted by Crippen LogP contribution is 2.29. The number of aromatic nitrogens is 1. The topological polar surface area (TPSA) is 34.1 Å². The number of nitrogens with one attached hydrogen (secondary N) is 1. The van der Waals surface area contributed by atoms with Gasteiger partial charge in [-0.25, -0.2) is 4.98 Å². The third-order valence-corrected chi connectivity index (χ3v) is 2.62. The second-order valence-electron chi connectivity index (χ2n) is 3.18. The van der Waals surface area contributed by atoms with Gasteiger partial charge in [-0.05, 0) is 23.4 Å². The summed E-state index contributed by atoms with van der Waals surface area (Å²) in [5.74, 6) is 0.500. The fourth-order valence-electron chi connectivity index (χ4n) is 1.14. The van der Waals surface area contributed by atoms with Crippen molar-refractivity contribution in [3.8, 4) is 5.88 Å². The van der Waals surface area contributed by atoms with E-state index in [1.165, 1.54) is 7.11 Å². The van der Waals surface area contributed by atoms with Crippen molar-refractivity contribution < 1.29 is 17.9 Å². The fourth-order valence-corrected chi connectivity index (χ4v) is 1.62. The van der Waals surface area contributed by atoms with Crippen LogP contribution in [0.15, 0.2) is 18.3 Å². The summed E-state index contributed by atoms with van der Waals surface area (Å²) < 4.78 is 40.4.